The zero-order chi connectivity index (χ0) is 19.7. The lowest BCUT2D eigenvalue weighted by molar-refractivity contribution is 0.0729. The van der Waals surface area contributed by atoms with Gasteiger partial charge in [-0.05, 0) is 18.2 Å². The van der Waals surface area contributed by atoms with E-state index >= 15 is 0 Å². The highest BCUT2D eigenvalue weighted by atomic mass is 32.2. The van der Waals surface area contributed by atoms with Crippen LogP contribution >= 0.6 is 11.8 Å². The number of rotatable bonds is 5. The predicted octanol–water partition coefficient (Wildman–Crippen LogP) is 4.35. The van der Waals surface area contributed by atoms with E-state index in [0.29, 0.717) is 35.1 Å². The number of thioether (sulfide) groups is 1. The standard InChI is InChI=1S/C21H21NO5S/c1-24-16-12-18(26-3)17(25-2)11-14(16)21-22(8-9-28-21)20(23)19-10-13-6-4-5-7-15(13)27-19/h4-7,10-12,21H,8-9H2,1-3H3. The molecule has 1 saturated heterocycles. The topological polar surface area (TPSA) is 61.1 Å². The van der Waals surface area contributed by atoms with Crippen molar-refractivity contribution in [2.75, 3.05) is 33.6 Å². The number of methoxy groups -OCH3 is 3. The largest absolute Gasteiger partial charge is 0.496 e. The van der Waals surface area contributed by atoms with Crippen molar-refractivity contribution >= 4 is 28.6 Å². The summed E-state index contributed by atoms with van der Waals surface area (Å²) < 4.78 is 22.2. The Hall–Kier alpha value is -2.80. The highest BCUT2D eigenvalue weighted by Gasteiger charge is 2.35. The fourth-order valence-corrected chi connectivity index (χ4v) is 4.68. The summed E-state index contributed by atoms with van der Waals surface area (Å²) in [5, 5.41) is 0.716. The summed E-state index contributed by atoms with van der Waals surface area (Å²) >= 11 is 1.68. The van der Waals surface area contributed by atoms with Crippen LogP contribution in [-0.2, 0) is 0 Å². The van der Waals surface area contributed by atoms with Crippen LogP contribution in [0, 0.1) is 0 Å². The number of fused-ring (bicyclic) bond motifs is 1. The Kier molecular flexibility index (Phi) is 5.09. The summed E-state index contributed by atoms with van der Waals surface area (Å²) in [7, 11) is 4.78. The van der Waals surface area contributed by atoms with Crippen LogP contribution in [0.15, 0.2) is 46.9 Å². The predicted molar refractivity (Wildman–Crippen MR) is 109 cm³/mol. The number of hydrogen-bond donors (Lipinski definition) is 0. The van der Waals surface area contributed by atoms with Gasteiger partial charge in [-0.2, -0.15) is 0 Å². The molecule has 3 aromatic rings. The summed E-state index contributed by atoms with van der Waals surface area (Å²) in [5.41, 5.74) is 1.57. The number of benzene rings is 2. The third-order valence-corrected chi connectivity index (χ3v) is 6.03. The molecule has 2 aromatic carbocycles. The third kappa shape index (κ3) is 3.16. The van der Waals surface area contributed by atoms with E-state index < -0.39 is 0 Å². The first-order valence-corrected chi connectivity index (χ1v) is 9.92. The van der Waals surface area contributed by atoms with E-state index in [1.54, 1.807) is 45.2 Å². The molecule has 1 unspecified atom stereocenters. The van der Waals surface area contributed by atoms with Crippen LogP contribution in [0.3, 0.4) is 0 Å². The van der Waals surface area contributed by atoms with Gasteiger partial charge in [-0.1, -0.05) is 18.2 Å². The van der Waals surface area contributed by atoms with Crippen molar-refractivity contribution in [2.45, 2.75) is 5.37 Å². The summed E-state index contributed by atoms with van der Waals surface area (Å²) in [6, 6.07) is 13.1. The molecule has 0 radical (unpaired) electrons. The average molecular weight is 399 g/mol. The van der Waals surface area contributed by atoms with Crippen LogP contribution in [-0.4, -0.2) is 44.4 Å². The lowest BCUT2D eigenvalue weighted by Crippen LogP contribution is -2.30. The van der Waals surface area contributed by atoms with Gasteiger partial charge >= 0.3 is 0 Å². The van der Waals surface area contributed by atoms with Crippen molar-refractivity contribution in [1.29, 1.82) is 0 Å². The first-order valence-electron chi connectivity index (χ1n) is 8.87. The molecule has 146 valence electrons. The minimum atomic E-state index is -0.199. The zero-order valence-electron chi connectivity index (χ0n) is 15.9. The maximum absolute atomic E-state index is 13.2. The Morgan fingerprint density at radius 1 is 1.04 bits per heavy atom. The van der Waals surface area contributed by atoms with E-state index in [4.69, 9.17) is 18.6 Å². The van der Waals surface area contributed by atoms with Crippen LogP contribution in [0.4, 0.5) is 0 Å². The number of nitrogens with zero attached hydrogens (tertiary/aromatic N) is 1. The van der Waals surface area contributed by atoms with Crippen LogP contribution in [0.1, 0.15) is 21.5 Å². The number of ether oxygens (including phenoxy) is 3. The molecule has 1 aliphatic rings. The minimum Gasteiger partial charge on any atom is -0.496 e. The van der Waals surface area contributed by atoms with Crippen LogP contribution in [0.2, 0.25) is 0 Å². The van der Waals surface area contributed by atoms with Gasteiger partial charge in [0.2, 0.25) is 0 Å². The Bertz CT molecular complexity index is 982. The average Bonchev–Trinajstić information content (AvgIpc) is 3.39. The van der Waals surface area contributed by atoms with Gasteiger partial charge in [-0.15, -0.1) is 11.8 Å². The normalized spacial score (nSPS) is 16.4. The summed E-state index contributed by atoms with van der Waals surface area (Å²) in [5.74, 6) is 2.87. The van der Waals surface area contributed by atoms with Gasteiger partial charge in [0.25, 0.3) is 5.91 Å². The van der Waals surface area contributed by atoms with Crippen molar-refractivity contribution in [2.24, 2.45) is 0 Å². The molecule has 4 rings (SSSR count). The molecule has 1 atom stereocenters. The monoisotopic (exact) mass is 399 g/mol. The van der Waals surface area contributed by atoms with Crippen LogP contribution < -0.4 is 14.2 Å². The summed E-state index contributed by atoms with van der Waals surface area (Å²) in [4.78, 5) is 15.0. The molecule has 0 N–H and O–H groups in total. The molecule has 28 heavy (non-hydrogen) atoms. The maximum Gasteiger partial charge on any atom is 0.290 e. The second-order valence-corrected chi connectivity index (χ2v) is 7.51. The number of furan rings is 1. The molecule has 0 saturated carbocycles. The van der Waals surface area contributed by atoms with Crippen LogP contribution in [0.5, 0.6) is 17.2 Å². The van der Waals surface area contributed by atoms with Gasteiger partial charge in [0.1, 0.15) is 16.7 Å². The second-order valence-electron chi connectivity index (χ2n) is 6.32. The first-order chi connectivity index (χ1) is 13.7. The van der Waals surface area contributed by atoms with E-state index in [1.807, 2.05) is 35.2 Å². The second kappa shape index (κ2) is 7.67. The first kappa shape index (κ1) is 18.6. The fraction of sp³-hybridized carbons (Fsp3) is 0.286. The molecule has 0 aliphatic carbocycles. The number of carbonyl (C=O) groups is 1. The fourth-order valence-electron chi connectivity index (χ4n) is 3.41. The highest BCUT2D eigenvalue weighted by molar-refractivity contribution is 7.99. The van der Waals surface area contributed by atoms with E-state index in [1.165, 1.54) is 0 Å². The van der Waals surface area contributed by atoms with E-state index in [9.17, 15) is 4.79 Å². The van der Waals surface area contributed by atoms with Crippen molar-refractivity contribution < 1.29 is 23.4 Å². The molecule has 0 spiro atoms. The lowest BCUT2D eigenvalue weighted by Gasteiger charge is -2.25. The van der Waals surface area contributed by atoms with E-state index in [0.717, 1.165) is 16.7 Å². The molecular weight excluding hydrogens is 378 g/mol. The van der Waals surface area contributed by atoms with Crippen LogP contribution in [0.25, 0.3) is 11.0 Å². The van der Waals surface area contributed by atoms with Gasteiger partial charge in [0.05, 0.1) is 21.3 Å². The quantitative estimate of drug-likeness (QED) is 0.636. The SMILES string of the molecule is COc1cc(OC)c(C2SCCN2C(=O)c2cc3ccccc3o2)cc1OC. The number of para-hydroxylation sites is 1. The van der Waals surface area contributed by atoms with E-state index in [-0.39, 0.29) is 11.3 Å². The molecule has 2 heterocycles. The number of amides is 1. The molecule has 6 nitrogen and oxygen atoms in total. The Labute approximate surface area is 167 Å². The van der Waals surface area contributed by atoms with Crippen molar-refractivity contribution in [3.05, 3.63) is 53.8 Å². The molecule has 0 bridgehead atoms. The smallest absolute Gasteiger partial charge is 0.290 e. The molecular formula is C21H21NO5S. The third-order valence-electron chi connectivity index (χ3n) is 4.79. The highest BCUT2D eigenvalue weighted by Crippen LogP contribution is 2.46. The van der Waals surface area contributed by atoms with Gasteiger partial charge in [-0.25, -0.2) is 0 Å². The maximum atomic E-state index is 13.2. The molecule has 1 aliphatic heterocycles. The Morgan fingerprint density at radius 3 is 2.46 bits per heavy atom. The number of carbonyl (C=O) groups excluding carboxylic acids is 1. The summed E-state index contributed by atoms with van der Waals surface area (Å²) in [6.07, 6.45) is 0. The van der Waals surface area contributed by atoms with Gasteiger partial charge in [-0.3, -0.25) is 4.79 Å². The Morgan fingerprint density at radius 2 is 1.75 bits per heavy atom. The van der Waals surface area contributed by atoms with Crippen molar-refractivity contribution in [3.63, 3.8) is 0 Å². The molecule has 1 fully saturated rings. The van der Waals surface area contributed by atoms with Gasteiger partial charge in [0, 0.05) is 29.3 Å². The van der Waals surface area contributed by atoms with E-state index in [2.05, 4.69) is 0 Å². The lowest BCUT2D eigenvalue weighted by atomic mass is 10.1. The zero-order valence-corrected chi connectivity index (χ0v) is 16.7. The van der Waals surface area contributed by atoms with Crippen molar-refractivity contribution in [1.82, 2.24) is 4.90 Å². The number of hydrogen-bond acceptors (Lipinski definition) is 6. The Balaban J connectivity index is 1.71. The molecule has 1 amide bonds. The summed E-state index contributed by atoms with van der Waals surface area (Å²) in [6.45, 7) is 0.628. The molecule has 1 aromatic heterocycles. The van der Waals surface area contributed by atoms with Gasteiger partial charge in [0.15, 0.2) is 17.3 Å². The molecule has 7 heteroatoms. The van der Waals surface area contributed by atoms with Crippen molar-refractivity contribution in [3.8, 4) is 17.2 Å². The van der Waals surface area contributed by atoms with Gasteiger partial charge < -0.3 is 23.5 Å². The minimum absolute atomic E-state index is 0.136.